The number of methoxy groups -OCH3 is 3. The Morgan fingerprint density at radius 3 is 2.14 bits per heavy atom. The highest BCUT2D eigenvalue weighted by Crippen LogP contribution is 2.40. The lowest BCUT2D eigenvalue weighted by Crippen LogP contribution is -2.47. The molecular weight excluding hydrogens is 446 g/mol. The number of nitrogens with one attached hydrogen (secondary N) is 1. The molecule has 1 amide bonds. The Morgan fingerprint density at radius 1 is 0.943 bits per heavy atom. The molecule has 35 heavy (non-hydrogen) atoms. The second-order valence-corrected chi connectivity index (χ2v) is 8.44. The van der Waals surface area contributed by atoms with Crippen molar-refractivity contribution in [2.45, 2.75) is 6.92 Å². The zero-order valence-electron chi connectivity index (χ0n) is 20.8. The number of hydrogen-bond donors (Lipinski definition) is 1. The zero-order chi connectivity index (χ0) is 24.9. The Hall–Kier alpha value is -3.85. The van der Waals surface area contributed by atoms with E-state index >= 15 is 0 Å². The number of anilines is 2. The van der Waals surface area contributed by atoms with Crippen LogP contribution in [0.1, 0.15) is 15.9 Å². The summed E-state index contributed by atoms with van der Waals surface area (Å²) in [6.45, 7) is 5.20. The van der Waals surface area contributed by atoms with Crippen LogP contribution in [0.5, 0.6) is 17.2 Å². The summed E-state index contributed by atoms with van der Waals surface area (Å²) in [6, 6.07) is 11.1. The molecule has 0 radical (unpaired) electrons. The number of amides is 1. The highest BCUT2D eigenvalue weighted by atomic mass is 16.5. The van der Waals surface area contributed by atoms with Crippen LogP contribution in [0.2, 0.25) is 0 Å². The van der Waals surface area contributed by atoms with Crippen molar-refractivity contribution in [2.24, 2.45) is 0 Å². The number of rotatable bonds is 7. The Balaban J connectivity index is 1.55. The minimum Gasteiger partial charge on any atom is -0.493 e. The molecule has 0 atom stereocenters. The van der Waals surface area contributed by atoms with Crippen LogP contribution < -0.4 is 19.5 Å². The van der Waals surface area contributed by atoms with Crippen molar-refractivity contribution in [2.75, 3.05) is 59.9 Å². The molecule has 1 aliphatic heterocycles. The topological polar surface area (TPSA) is 89.1 Å². The Bertz CT molecular complexity index is 1170. The summed E-state index contributed by atoms with van der Waals surface area (Å²) in [7, 11) is 6.79. The van der Waals surface area contributed by atoms with Crippen molar-refractivity contribution in [3.05, 3.63) is 53.7 Å². The lowest BCUT2D eigenvalue weighted by atomic mass is 10.1. The number of carbonyl (C=O) groups is 1. The van der Waals surface area contributed by atoms with Crippen LogP contribution >= 0.6 is 0 Å². The van der Waals surface area contributed by atoms with Crippen molar-refractivity contribution < 1.29 is 19.0 Å². The predicted molar refractivity (Wildman–Crippen MR) is 135 cm³/mol. The number of aryl methyl sites for hydroxylation is 1. The number of benzene rings is 2. The van der Waals surface area contributed by atoms with Crippen LogP contribution in [-0.4, -0.2) is 80.2 Å². The van der Waals surface area contributed by atoms with E-state index in [2.05, 4.69) is 22.2 Å². The smallest absolute Gasteiger partial charge is 0.253 e. The van der Waals surface area contributed by atoms with Crippen molar-refractivity contribution in [1.82, 2.24) is 19.8 Å². The molecule has 9 heteroatoms. The molecule has 0 unspecified atom stereocenters. The molecule has 1 saturated heterocycles. The van der Waals surface area contributed by atoms with Gasteiger partial charge in [0.2, 0.25) is 5.75 Å². The van der Waals surface area contributed by atoms with E-state index in [1.54, 1.807) is 27.5 Å². The molecule has 0 aliphatic carbocycles. The van der Waals surface area contributed by atoms with Crippen LogP contribution in [0.15, 0.2) is 42.6 Å². The van der Waals surface area contributed by atoms with E-state index in [0.29, 0.717) is 34.5 Å². The van der Waals surface area contributed by atoms with Crippen molar-refractivity contribution in [1.29, 1.82) is 0 Å². The zero-order valence-corrected chi connectivity index (χ0v) is 20.8. The van der Waals surface area contributed by atoms with E-state index in [9.17, 15) is 4.79 Å². The standard InChI is InChI=1S/C26H31N5O4/c1-17-16-27-25(18-6-8-19(9-7-18)26(32)31-12-10-30(2)11-13-31)29-24(17)28-20-14-21(33-3)23(35-5)22(15-20)34-4/h6-9,14-16H,10-13H2,1-5H3,(H,27,28,29). The summed E-state index contributed by atoms with van der Waals surface area (Å²) >= 11 is 0. The van der Waals surface area contributed by atoms with Gasteiger partial charge in [-0.25, -0.2) is 9.97 Å². The molecule has 9 nitrogen and oxygen atoms in total. The molecule has 4 rings (SSSR count). The number of hydrogen-bond acceptors (Lipinski definition) is 8. The lowest BCUT2D eigenvalue weighted by Gasteiger charge is -2.32. The van der Waals surface area contributed by atoms with E-state index in [-0.39, 0.29) is 5.91 Å². The van der Waals surface area contributed by atoms with Crippen LogP contribution in [0.4, 0.5) is 11.5 Å². The SMILES string of the molecule is COc1cc(Nc2nc(-c3ccc(C(=O)N4CCN(C)CC4)cc3)ncc2C)cc(OC)c1OC. The van der Waals surface area contributed by atoms with Gasteiger partial charge in [-0.15, -0.1) is 0 Å². The maximum Gasteiger partial charge on any atom is 0.253 e. The fraction of sp³-hybridized carbons (Fsp3) is 0.346. The number of carbonyl (C=O) groups excluding carboxylic acids is 1. The van der Waals surface area contributed by atoms with Gasteiger partial charge in [0.25, 0.3) is 5.91 Å². The molecular formula is C26H31N5O4. The molecule has 3 aromatic rings. The highest BCUT2D eigenvalue weighted by Gasteiger charge is 2.20. The van der Waals surface area contributed by atoms with Gasteiger partial charge in [0.1, 0.15) is 5.82 Å². The second kappa shape index (κ2) is 10.6. The Labute approximate surface area is 205 Å². The average Bonchev–Trinajstić information content (AvgIpc) is 2.89. The van der Waals surface area contributed by atoms with Gasteiger partial charge in [0.15, 0.2) is 17.3 Å². The molecule has 0 spiro atoms. The lowest BCUT2D eigenvalue weighted by molar-refractivity contribution is 0.0664. The quantitative estimate of drug-likeness (QED) is 0.552. The minimum atomic E-state index is 0.0548. The van der Waals surface area contributed by atoms with Gasteiger partial charge >= 0.3 is 0 Å². The molecule has 184 valence electrons. The van der Waals surface area contributed by atoms with Gasteiger partial charge in [-0.3, -0.25) is 4.79 Å². The fourth-order valence-corrected chi connectivity index (χ4v) is 3.95. The third-order valence-corrected chi connectivity index (χ3v) is 6.08. The average molecular weight is 478 g/mol. The fourth-order valence-electron chi connectivity index (χ4n) is 3.95. The van der Waals surface area contributed by atoms with Gasteiger partial charge < -0.3 is 29.3 Å². The third kappa shape index (κ3) is 5.30. The summed E-state index contributed by atoms with van der Waals surface area (Å²) < 4.78 is 16.3. The highest BCUT2D eigenvalue weighted by molar-refractivity contribution is 5.94. The molecule has 0 bridgehead atoms. The summed E-state index contributed by atoms with van der Waals surface area (Å²) in [4.78, 5) is 26.2. The molecule has 1 aromatic heterocycles. The van der Waals surface area contributed by atoms with Crippen LogP contribution in [0.25, 0.3) is 11.4 Å². The number of likely N-dealkylation sites (N-methyl/N-ethyl adjacent to an activating group) is 1. The van der Waals surface area contributed by atoms with Crippen LogP contribution in [0.3, 0.4) is 0 Å². The number of piperazine rings is 1. The van der Waals surface area contributed by atoms with E-state index in [1.807, 2.05) is 48.2 Å². The predicted octanol–water partition coefficient (Wildman–Crippen LogP) is 3.61. The van der Waals surface area contributed by atoms with Gasteiger partial charge in [-0.1, -0.05) is 12.1 Å². The molecule has 2 aromatic carbocycles. The number of nitrogens with zero attached hydrogens (tertiary/aromatic N) is 4. The maximum atomic E-state index is 12.8. The van der Waals surface area contributed by atoms with Crippen molar-refractivity contribution in [3.63, 3.8) is 0 Å². The molecule has 2 heterocycles. The van der Waals surface area contributed by atoms with Gasteiger partial charge in [-0.05, 0) is 26.1 Å². The monoisotopic (exact) mass is 477 g/mol. The summed E-state index contributed by atoms with van der Waals surface area (Å²) in [5.74, 6) is 2.88. The molecule has 1 fully saturated rings. The van der Waals surface area contributed by atoms with E-state index < -0.39 is 0 Å². The van der Waals surface area contributed by atoms with Gasteiger partial charge in [0, 0.05) is 66.9 Å². The molecule has 0 saturated carbocycles. The van der Waals surface area contributed by atoms with Crippen LogP contribution in [-0.2, 0) is 0 Å². The largest absolute Gasteiger partial charge is 0.493 e. The first-order valence-corrected chi connectivity index (χ1v) is 11.4. The first-order chi connectivity index (χ1) is 16.9. The summed E-state index contributed by atoms with van der Waals surface area (Å²) in [5, 5.41) is 3.33. The number of aromatic nitrogens is 2. The second-order valence-electron chi connectivity index (χ2n) is 8.44. The van der Waals surface area contributed by atoms with E-state index in [4.69, 9.17) is 19.2 Å². The van der Waals surface area contributed by atoms with E-state index in [1.165, 1.54) is 0 Å². The maximum absolute atomic E-state index is 12.8. The number of ether oxygens (including phenoxy) is 3. The first-order valence-electron chi connectivity index (χ1n) is 11.4. The van der Waals surface area contributed by atoms with Gasteiger partial charge in [-0.2, -0.15) is 0 Å². The van der Waals surface area contributed by atoms with Crippen molar-refractivity contribution in [3.8, 4) is 28.6 Å². The summed E-state index contributed by atoms with van der Waals surface area (Å²) in [6.07, 6.45) is 1.77. The van der Waals surface area contributed by atoms with Gasteiger partial charge in [0.05, 0.1) is 21.3 Å². The third-order valence-electron chi connectivity index (χ3n) is 6.08. The van der Waals surface area contributed by atoms with Crippen LogP contribution in [0, 0.1) is 6.92 Å². The minimum absolute atomic E-state index is 0.0548. The first kappa shape index (κ1) is 24.3. The Kier molecular flexibility index (Phi) is 7.36. The molecule has 1 aliphatic rings. The molecule has 1 N–H and O–H groups in total. The normalized spacial score (nSPS) is 13.9. The Morgan fingerprint density at radius 2 is 1.57 bits per heavy atom. The summed E-state index contributed by atoms with van der Waals surface area (Å²) in [5.41, 5.74) is 3.11. The van der Waals surface area contributed by atoms with E-state index in [0.717, 1.165) is 43.0 Å². The van der Waals surface area contributed by atoms with Crippen molar-refractivity contribution >= 4 is 17.4 Å².